The lowest BCUT2D eigenvalue weighted by molar-refractivity contribution is 0.194. The van der Waals surface area contributed by atoms with Crippen molar-refractivity contribution in [3.63, 3.8) is 0 Å². The molecule has 1 N–H and O–H groups in total. The molecule has 5 nitrogen and oxygen atoms in total. The number of carbonyl (C=O) groups is 1. The molecular formula is C26H22FN3O2. The Morgan fingerprint density at radius 2 is 1.72 bits per heavy atom. The minimum absolute atomic E-state index is 0.262. The number of benzene rings is 3. The average molecular weight is 427 g/mol. The summed E-state index contributed by atoms with van der Waals surface area (Å²) in [6.07, 6.45) is 2.02. The second-order valence-electron chi connectivity index (χ2n) is 7.67. The second kappa shape index (κ2) is 8.23. The summed E-state index contributed by atoms with van der Waals surface area (Å²) < 4.78 is 20.8. The van der Waals surface area contributed by atoms with Crippen molar-refractivity contribution in [1.29, 1.82) is 0 Å². The summed E-state index contributed by atoms with van der Waals surface area (Å²) in [6, 6.07) is 25.1. The quantitative estimate of drug-likeness (QED) is 0.452. The molecule has 5 rings (SSSR count). The van der Waals surface area contributed by atoms with E-state index in [1.54, 1.807) is 19.2 Å². The van der Waals surface area contributed by atoms with E-state index in [2.05, 4.69) is 16.0 Å². The Bertz CT molecular complexity index is 1250. The van der Waals surface area contributed by atoms with E-state index in [0.29, 0.717) is 12.2 Å². The van der Waals surface area contributed by atoms with Crippen LogP contribution in [0.4, 0.5) is 14.9 Å². The van der Waals surface area contributed by atoms with Gasteiger partial charge in [0, 0.05) is 17.6 Å². The Hall–Kier alpha value is -4.06. The first-order valence-electron chi connectivity index (χ1n) is 10.4. The molecule has 2 heterocycles. The molecule has 1 aliphatic rings. The van der Waals surface area contributed by atoms with Crippen LogP contribution < -0.4 is 10.1 Å². The summed E-state index contributed by atoms with van der Waals surface area (Å²) in [5.74, 6) is 0.406. The van der Waals surface area contributed by atoms with E-state index in [-0.39, 0.29) is 17.9 Å². The number of carbonyl (C=O) groups excluding carboxylic acids is 1. The first-order chi connectivity index (χ1) is 15.6. The van der Waals surface area contributed by atoms with Crippen molar-refractivity contribution >= 4 is 11.7 Å². The number of anilines is 1. The number of nitrogens with one attached hydrogen (secondary N) is 1. The van der Waals surface area contributed by atoms with Crippen LogP contribution in [0.25, 0.3) is 5.69 Å². The predicted molar refractivity (Wildman–Crippen MR) is 122 cm³/mol. The number of nitrogens with zero attached hydrogens (tertiary/aromatic N) is 2. The van der Waals surface area contributed by atoms with Crippen LogP contribution in [-0.2, 0) is 6.54 Å². The summed E-state index contributed by atoms with van der Waals surface area (Å²) in [4.78, 5) is 15.3. The Kier molecular flexibility index (Phi) is 5.11. The fourth-order valence-electron chi connectivity index (χ4n) is 4.20. The van der Waals surface area contributed by atoms with Crippen LogP contribution in [0.15, 0.2) is 91.1 Å². The van der Waals surface area contributed by atoms with E-state index in [1.807, 2.05) is 65.7 Å². The van der Waals surface area contributed by atoms with Gasteiger partial charge in [-0.2, -0.15) is 0 Å². The molecule has 6 heteroatoms. The molecule has 0 spiro atoms. The van der Waals surface area contributed by atoms with E-state index >= 15 is 0 Å². The minimum Gasteiger partial charge on any atom is -0.497 e. The summed E-state index contributed by atoms with van der Waals surface area (Å²) in [7, 11) is 1.63. The van der Waals surface area contributed by atoms with Crippen LogP contribution in [0.3, 0.4) is 0 Å². The van der Waals surface area contributed by atoms with E-state index in [4.69, 9.17) is 4.74 Å². The lowest BCUT2D eigenvalue weighted by Gasteiger charge is -2.31. The first-order valence-corrected chi connectivity index (χ1v) is 10.4. The molecule has 0 radical (unpaired) electrons. The normalized spacial score (nSPS) is 14.8. The van der Waals surface area contributed by atoms with Crippen LogP contribution in [0.2, 0.25) is 0 Å². The number of para-hydroxylation sites is 1. The van der Waals surface area contributed by atoms with Crippen LogP contribution in [-0.4, -0.2) is 22.6 Å². The van der Waals surface area contributed by atoms with Gasteiger partial charge in [-0.25, -0.2) is 9.18 Å². The lowest BCUT2D eigenvalue weighted by atomic mass is 10.0. The maximum Gasteiger partial charge on any atom is 0.322 e. The van der Waals surface area contributed by atoms with Crippen molar-refractivity contribution in [2.45, 2.75) is 12.6 Å². The molecular weight excluding hydrogens is 405 g/mol. The standard InChI is InChI=1S/C26H22FN3O2/c1-32-22-14-8-18(9-15-22)25-24-7-4-16-29(24)23-6-3-2-5-19(23)17-30(25)26(31)28-21-12-10-20(27)11-13-21/h2-16,25H,17H2,1H3,(H,28,31). The van der Waals surface area contributed by atoms with Crippen molar-refractivity contribution in [1.82, 2.24) is 9.47 Å². The lowest BCUT2D eigenvalue weighted by Crippen LogP contribution is -2.37. The number of aromatic nitrogens is 1. The number of halogens is 1. The highest BCUT2D eigenvalue weighted by atomic mass is 19.1. The van der Waals surface area contributed by atoms with Gasteiger partial charge in [-0.3, -0.25) is 0 Å². The van der Waals surface area contributed by atoms with E-state index in [0.717, 1.165) is 28.3 Å². The van der Waals surface area contributed by atoms with Gasteiger partial charge in [0.15, 0.2) is 0 Å². The largest absolute Gasteiger partial charge is 0.497 e. The third-order valence-corrected chi connectivity index (χ3v) is 5.75. The van der Waals surface area contributed by atoms with Crippen molar-refractivity contribution in [2.24, 2.45) is 0 Å². The monoisotopic (exact) mass is 427 g/mol. The fraction of sp³-hybridized carbons (Fsp3) is 0.115. The van der Waals surface area contributed by atoms with E-state index < -0.39 is 0 Å². The highest BCUT2D eigenvalue weighted by molar-refractivity contribution is 5.90. The average Bonchev–Trinajstić information content (AvgIpc) is 3.25. The summed E-state index contributed by atoms with van der Waals surface area (Å²) in [6.45, 7) is 0.418. The predicted octanol–water partition coefficient (Wildman–Crippen LogP) is 5.76. The maximum absolute atomic E-state index is 13.5. The molecule has 0 aliphatic carbocycles. The zero-order chi connectivity index (χ0) is 22.1. The number of methoxy groups -OCH3 is 1. The molecule has 1 aliphatic heterocycles. The van der Waals surface area contributed by atoms with Crippen molar-refractivity contribution in [3.8, 4) is 11.4 Å². The smallest absolute Gasteiger partial charge is 0.322 e. The maximum atomic E-state index is 13.5. The van der Waals surface area contributed by atoms with E-state index in [9.17, 15) is 9.18 Å². The molecule has 0 bridgehead atoms. The summed E-state index contributed by atoms with van der Waals surface area (Å²) >= 11 is 0. The molecule has 4 aromatic rings. The molecule has 0 fully saturated rings. The number of fused-ring (bicyclic) bond motifs is 3. The molecule has 1 unspecified atom stereocenters. The van der Waals surface area contributed by atoms with Crippen molar-refractivity contribution in [3.05, 3.63) is 114 Å². The number of rotatable bonds is 3. The Labute approximate surface area is 185 Å². The van der Waals surface area contributed by atoms with Gasteiger partial charge >= 0.3 is 6.03 Å². The Morgan fingerprint density at radius 1 is 0.969 bits per heavy atom. The number of amides is 2. The van der Waals surface area contributed by atoms with E-state index in [1.165, 1.54) is 12.1 Å². The molecule has 1 aromatic heterocycles. The Balaban J connectivity index is 1.61. The third-order valence-electron chi connectivity index (χ3n) is 5.75. The number of hydrogen-bond acceptors (Lipinski definition) is 2. The van der Waals surface area contributed by atoms with Gasteiger partial charge in [0.2, 0.25) is 0 Å². The number of ether oxygens (including phenoxy) is 1. The van der Waals surface area contributed by atoms with Gasteiger partial charge in [0.25, 0.3) is 0 Å². The van der Waals surface area contributed by atoms with Crippen LogP contribution in [0, 0.1) is 5.82 Å². The van der Waals surface area contributed by atoms with Crippen molar-refractivity contribution < 1.29 is 13.9 Å². The Morgan fingerprint density at radius 3 is 2.47 bits per heavy atom. The summed E-state index contributed by atoms with van der Waals surface area (Å²) in [5, 5.41) is 2.93. The molecule has 0 saturated heterocycles. The molecule has 3 aromatic carbocycles. The topological polar surface area (TPSA) is 46.5 Å². The summed E-state index contributed by atoms with van der Waals surface area (Å²) in [5.41, 5.74) is 4.57. The molecule has 2 amide bonds. The first kappa shape index (κ1) is 19.9. The zero-order valence-corrected chi connectivity index (χ0v) is 17.5. The van der Waals surface area contributed by atoms with Gasteiger partial charge in [-0.15, -0.1) is 0 Å². The highest BCUT2D eigenvalue weighted by Gasteiger charge is 2.33. The minimum atomic E-state index is -0.347. The third kappa shape index (κ3) is 3.60. The van der Waals surface area contributed by atoms with Crippen LogP contribution in [0.5, 0.6) is 5.75 Å². The zero-order valence-electron chi connectivity index (χ0n) is 17.5. The molecule has 0 saturated carbocycles. The van der Waals surface area contributed by atoms with Crippen molar-refractivity contribution in [2.75, 3.05) is 12.4 Å². The molecule has 1 atom stereocenters. The van der Waals surface area contributed by atoms with Gasteiger partial charge in [0.1, 0.15) is 11.6 Å². The van der Waals surface area contributed by atoms with Crippen LogP contribution >= 0.6 is 0 Å². The van der Waals surface area contributed by atoms with Gasteiger partial charge in [0.05, 0.1) is 25.4 Å². The van der Waals surface area contributed by atoms with Gasteiger partial charge in [-0.1, -0.05) is 30.3 Å². The second-order valence-corrected chi connectivity index (χ2v) is 7.67. The molecule has 160 valence electrons. The molecule has 32 heavy (non-hydrogen) atoms. The fourth-order valence-corrected chi connectivity index (χ4v) is 4.20. The van der Waals surface area contributed by atoms with Gasteiger partial charge in [-0.05, 0) is 65.7 Å². The highest BCUT2D eigenvalue weighted by Crippen LogP contribution is 2.37. The number of hydrogen-bond donors (Lipinski definition) is 1. The SMILES string of the molecule is COc1ccc(C2c3cccn3-c3ccccc3CN2C(=O)Nc2ccc(F)cc2)cc1. The van der Waals surface area contributed by atoms with Gasteiger partial charge < -0.3 is 19.5 Å². The number of urea groups is 1. The van der Waals surface area contributed by atoms with Crippen LogP contribution in [0.1, 0.15) is 22.9 Å².